The molecule has 0 aliphatic carbocycles. The highest BCUT2D eigenvalue weighted by Gasteiger charge is 2.11. The third-order valence-electron chi connectivity index (χ3n) is 1.58. The summed E-state index contributed by atoms with van der Waals surface area (Å²) in [6.07, 6.45) is 1.13. The standard InChI is InChI=1S/C8H11N3O3.ClH/c1-11(2)4-6(12)5-3-9-8(14)10-7(5)13;/h3H,4H2,1-2H3,(H2,9,10,13,14);1H. The normalized spacial score (nSPS) is 9.80. The van der Waals surface area contributed by atoms with Crippen molar-refractivity contribution in [2.75, 3.05) is 20.6 Å². The zero-order chi connectivity index (χ0) is 10.7. The lowest BCUT2D eigenvalue weighted by atomic mass is 10.2. The average molecular weight is 234 g/mol. The van der Waals surface area contributed by atoms with E-state index in [1.54, 1.807) is 19.0 Å². The van der Waals surface area contributed by atoms with Crippen LogP contribution >= 0.6 is 12.4 Å². The molecule has 0 amide bonds. The SMILES string of the molecule is CN(C)CC(=O)c1c[nH]c(=O)[nH]c1=O.Cl. The first-order valence-corrected chi connectivity index (χ1v) is 4.00. The van der Waals surface area contributed by atoms with Gasteiger partial charge in [-0.05, 0) is 14.1 Å². The molecule has 1 aromatic heterocycles. The molecule has 7 heteroatoms. The molecule has 1 heterocycles. The van der Waals surface area contributed by atoms with Gasteiger partial charge < -0.3 is 9.88 Å². The fraction of sp³-hybridized carbons (Fsp3) is 0.375. The second kappa shape index (κ2) is 5.47. The van der Waals surface area contributed by atoms with Crippen LogP contribution in [0.25, 0.3) is 0 Å². The van der Waals surface area contributed by atoms with Gasteiger partial charge in [-0.3, -0.25) is 14.6 Å². The molecule has 0 atom stereocenters. The average Bonchev–Trinajstić information content (AvgIpc) is 2.01. The van der Waals surface area contributed by atoms with Crippen molar-refractivity contribution in [3.05, 3.63) is 32.6 Å². The van der Waals surface area contributed by atoms with Gasteiger partial charge in [0.15, 0.2) is 5.78 Å². The smallest absolute Gasteiger partial charge is 0.313 e. The van der Waals surface area contributed by atoms with Gasteiger partial charge in [0.1, 0.15) is 5.56 Å². The summed E-state index contributed by atoms with van der Waals surface area (Å²) in [5, 5.41) is 0. The topological polar surface area (TPSA) is 86.0 Å². The van der Waals surface area contributed by atoms with Crippen molar-refractivity contribution in [2.24, 2.45) is 0 Å². The number of carbonyl (C=O) groups excluding carboxylic acids is 1. The van der Waals surface area contributed by atoms with E-state index in [1.807, 2.05) is 4.98 Å². The Bertz CT molecular complexity index is 449. The molecule has 84 valence electrons. The molecule has 0 radical (unpaired) electrons. The predicted molar refractivity (Wildman–Crippen MR) is 57.8 cm³/mol. The van der Waals surface area contributed by atoms with Crippen LogP contribution in [0.3, 0.4) is 0 Å². The molecular weight excluding hydrogens is 222 g/mol. The molecule has 0 fully saturated rings. The molecule has 0 spiro atoms. The van der Waals surface area contributed by atoms with Crippen LogP contribution in [-0.4, -0.2) is 41.3 Å². The number of H-pyrrole nitrogens is 2. The Kier molecular flexibility index (Phi) is 4.96. The van der Waals surface area contributed by atoms with Crippen LogP contribution in [0, 0.1) is 0 Å². The summed E-state index contributed by atoms with van der Waals surface area (Å²) in [5.41, 5.74) is -1.30. The van der Waals surface area contributed by atoms with Gasteiger partial charge in [0.25, 0.3) is 5.56 Å². The van der Waals surface area contributed by atoms with Crippen LogP contribution in [-0.2, 0) is 0 Å². The highest BCUT2D eigenvalue weighted by Crippen LogP contribution is 1.89. The van der Waals surface area contributed by atoms with E-state index in [1.165, 1.54) is 0 Å². The van der Waals surface area contributed by atoms with E-state index in [2.05, 4.69) is 4.98 Å². The molecule has 0 saturated carbocycles. The van der Waals surface area contributed by atoms with Crippen LogP contribution < -0.4 is 11.2 Å². The number of aromatic nitrogens is 2. The second-order valence-corrected chi connectivity index (χ2v) is 3.15. The Balaban J connectivity index is 0.00000196. The van der Waals surface area contributed by atoms with E-state index in [0.717, 1.165) is 6.20 Å². The molecule has 0 saturated heterocycles. The van der Waals surface area contributed by atoms with Crippen molar-refractivity contribution in [3.63, 3.8) is 0 Å². The first-order valence-electron chi connectivity index (χ1n) is 4.00. The van der Waals surface area contributed by atoms with Gasteiger partial charge in [0.2, 0.25) is 0 Å². The van der Waals surface area contributed by atoms with Gasteiger partial charge >= 0.3 is 5.69 Å². The van der Waals surface area contributed by atoms with E-state index in [4.69, 9.17) is 0 Å². The number of nitrogens with one attached hydrogen (secondary N) is 2. The number of likely N-dealkylation sites (N-methyl/N-ethyl adjacent to an activating group) is 1. The first-order chi connectivity index (χ1) is 6.50. The van der Waals surface area contributed by atoms with E-state index >= 15 is 0 Å². The number of nitrogens with zero attached hydrogens (tertiary/aromatic N) is 1. The molecular formula is C8H12ClN3O3. The molecule has 1 aromatic rings. The van der Waals surface area contributed by atoms with Gasteiger partial charge in [0.05, 0.1) is 6.54 Å². The monoisotopic (exact) mass is 233 g/mol. The Hall–Kier alpha value is -1.40. The minimum Gasteiger partial charge on any atom is -0.313 e. The van der Waals surface area contributed by atoms with Crippen molar-refractivity contribution in [3.8, 4) is 0 Å². The van der Waals surface area contributed by atoms with Crippen molar-refractivity contribution < 1.29 is 4.79 Å². The summed E-state index contributed by atoms with van der Waals surface area (Å²) in [4.78, 5) is 39.1. The number of carbonyl (C=O) groups is 1. The third kappa shape index (κ3) is 3.69. The maximum atomic E-state index is 11.4. The van der Waals surface area contributed by atoms with Crippen molar-refractivity contribution in [1.82, 2.24) is 14.9 Å². The number of hydrogen-bond donors (Lipinski definition) is 2. The van der Waals surface area contributed by atoms with Crippen LogP contribution in [0.4, 0.5) is 0 Å². The number of Topliss-reactive ketones (excluding diaryl/α,β-unsaturated/α-hetero) is 1. The Morgan fingerprint density at radius 2 is 2.00 bits per heavy atom. The number of ketones is 1. The maximum absolute atomic E-state index is 11.4. The number of hydrogen-bond acceptors (Lipinski definition) is 4. The van der Waals surface area contributed by atoms with E-state index in [9.17, 15) is 14.4 Å². The number of rotatable bonds is 3. The molecule has 0 aliphatic rings. The molecule has 0 bridgehead atoms. The summed E-state index contributed by atoms with van der Waals surface area (Å²) in [6.45, 7) is 0.134. The summed E-state index contributed by atoms with van der Waals surface area (Å²) in [5.74, 6) is -0.326. The fourth-order valence-electron chi connectivity index (χ4n) is 0.989. The molecule has 2 N–H and O–H groups in total. The lowest BCUT2D eigenvalue weighted by molar-refractivity contribution is 0.0956. The zero-order valence-corrected chi connectivity index (χ0v) is 9.18. The fourth-order valence-corrected chi connectivity index (χ4v) is 0.989. The van der Waals surface area contributed by atoms with Gasteiger partial charge in [0, 0.05) is 6.20 Å². The highest BCUT2D eigenvalue weighted by molar-refractivity contribution is 5.96. The molecule has 6 nitrogen and oxygen atoms in total. The summed E-state index contributed by atoms with van der Waals surface area (Å²) >= 11 is 0. The van der Waals surface area contributed by atoms with Crippen LogP contribution in [0.1, 0.15) is 10.4 Å². The van der Waals surface area contributed by atoms with Crippen molar-refractivity contribution >= 4 is 18.2 Å². The molecule has 0 aromatic carbocycles. The Morgan fingerprint density at radius 1 is 1.40 bits per heavy atom. The molecule has 0 unspecified atom stereocenters. The van der Waals surface area contributed by atoms with E-state index in [-0.39, 0.29) is 30.3 Å². The van der Waals surface area contributed by atoms with Crippen molar-refractivity contribution in [1.29, 1.82) is 0 Å². The number of halogens is 1. The lowest BCUT2D eigenvalue weighted by Crippen LogP contribution is -2.31. The predicted octanol–water partition coefficient (Wildman–Crippen LogP) is -0.771. The zero-order valence-electron chi connectivity index (χ0n) is 8.36. The quantitative estimate of drug-likeness (QED) is 0.672. The third-order valence-corrected chi connectivity index (χ3v) is 1.58. The van der Waals surface area contributed by atoms with Gasteiger partial charge in [-0.15, -0.1) is 12.4 Å². The van der Waals surface area contributed by atoms with Crippen molar-refractivity contribution in [2.45, 2.75) is 0 Å². The minimum atomic E-state index is -0.652. The summed E-state index contributed by atoms with van der Waals surface area (Å²) in [6, 6.07) is 0. The summed E-state index contributed by atoms with van der Waals surface area (Å²) < 4.78 is 0. The second-order valence-electron chi connectivity index (χ2n) is 3.15. The van der Waals surface area contributed by atoms with Gasteiger partial charge in [-0.25, -0.2) is 4.79 Å². The van der Waals surface area contributed by atoms with Gasteiger partial charge in [-0.1, -0.05) is 0 Å². The van der Waals surface area contributed by atoms with Crippen LogP contribution in [0.15, 0.2) is 15.8 Å². The molecule has 15 heavy (non-hydrogen) atoms. The summed E-state index contributed by atoms with van der Waals surface area (Å²) in [7, 11) is 3.44. The van der Waals surface area contributed by atoms with E-state index < -0.39 is 11.2 Å². The molecule has 1 rings (SSSR count). The first kappa shape index (κ1) is 13.6. The minimum absolute atomic E-state index is 0. The molecule has 0 aliphatic heterocycles. The maximum Gasteiger partial charge on any atom is 0.325 e. The van der Waals surface area contributed by atoms with Crippen LogP contribution in [0.5, 0.6) is 0 Å². The highest BCUT2D eigenvalue weighted by atomic mass is 35.5. The lowest BCUT2D eigenvalue weighted by Gasteiger charge is -2.06. The Morgan fingerprint density at radius 3 is 2.47 bits per heavy atom. The number of aromatic amines is 2. The van der Waals surface area contributed by atoms with Crippen LogP contribution in [0.2, 0.25) is 0 Å². The largest absolute Gasteiger partial charge is 0.325 e. The Labute approximate surface area is 91.7 Å². The van der Waals surface area contributed by atoms with E-state index in [0.29, 0.717) is 0 Å². The van der Waals surface area contributed by atoms with Gasteiger partial charge in [-0.2, -0.15) is 0 Å².